The molecule has 0 bridgehead atoms. The van der Waals surface area contributed by atoms with Gasteiger partial charge in [-0.15, -0.1) is 0 Å². The van der Waals surface area contributed by atoms with E-state index in [1.807, 2.05) is 0 Å². The first-order valence-corrected chi connectivity index (χ1v) is 7.79. The Morgan fingerprint density at radius 1 is 1.50 bits per heavy atom. The molecule has 18 heavy (non-hydrogen) atoms. The largest absolute Gasteiger partial charge is 0.382 e. The van der Waals surface area contributed by atoms with Gasteiger partial charge in [0.1, 0.15) is 9.90 Å². The van der Waals surface area contributed by atoms with Crippen LogP contribution in [0.25, 0.3) is 0 Å². The number of aromatic nitrogens is 1. The van der Waals surface area contributed by atoms with Gasteiger partial charge in [-0.2, -0.15) is 4.37 Å². The van der Waals surface area contributed by atoms with E-state index in [-0.39, 0.29) is 23.0 Å². The molecular weight excluding hydrogens is 276 g/mol. The summed E-state index contributed by atoms with van der Waals surface area (Å²) in [5.74, 6) is -0.0511. The van der Waals surface area contributed by atoms with Crippen LogP contribution in [0.15, 0.2) is 4.90 Å². The van der Waals surface area contributed by atoms with Gasteiger partial charge in [0.25, 0.3) is 0 Å². The molecule has 102 valence electrons. The zero-order valence-electron chi connectivity index (χ0n) is 10.4. The Labute approximate surface area is 110 Å². The van der Waals surface area contributed by atoms with Crippen molar-refractivity contribution in [1.82, 2.24) is 9.27 Å². The predicted molar refractivity (Wildman–Crippen MR) is 71.4 cm³/mol. The Morgan fingerprint density at radius 2 is 2.11 bits per heavy atom. The normalized spacial score (nSPS) is 11.3. The molecule has 1 heterocycles. The van der Waals surface area contributed by atoms with E-state index in [1.54, 1.807) is 14.1 Å². The molecule has 0 fully saturated rings. The Hall–Kier alpha value is -1.35. The van der Waals surface area contributed by atoms with Crippen LogP contribution in [0.4, 0.5) is 10.8 Å². The Morgan fingerprint density at radius 3 is 2.61 bits per heavy atom. The highest BCUT2D eigenvalue weighted by molar-refractivity contribution is 7.91. The summed E-state index contributed by atoms with van der Waals surface area (Å²) in [5.41, 5.74) is 5.51. The first-order chi connectivity index (χ1) is 8.23. The summed E-state index contributed by atoms with van der Waals surface area (Å²) in [7, 11) is -0.0994. The van der Waals surface area contributed by atoms with Crippen LogP contribution < -0.4 is 11.1 Å². The zero-order chi connectivity index (χ0) is 13.9. The monoisotopic (exact) mass is 292 g/mol. The Bertz CT molecular complexity index is 536. The zero-order valence-corrected chi connectivity index (χ0v) is 12.1. The second-order valence-corrected chi connectivity index (χ2v) is 6.69. The van der Waals surface area contributed by atoms with Crippen LogP contribution in [0.2, 0.25) is 0 Å². The molecule has 1 aromatic rings. The molecule has 0 radical (unpaired) electrons. The summed E-state index contributed by atoms with van der Waals surface area (Å²) >= 11 is 0.973. The summed E-state index contributed by atoms with van der Waals surface area (Å²) < 4.78 is 26.8. The smallest absolute Gasteiger partial charge is 0.223 e. The van der Waals surface area contributed by atoms with Gasteiger partial charge in [0.05, 0.1) is 0 Å². The van der Waals surface area contributed by atoms with Crippen molar-refractivity contribution in [2.24, 2.45) is 0 Å². The number of hydrogen-bond donors (Lipinski definition) is 2. The van der Waals surface area contributed by atoms with Crippen LogP contribution in [-0.2, 0) is 14.6 Å². The minimum absolute atomic E-state index is 0.00445. The minimum Gasteiger partial charge on any atom is -0.382 e. The lowest BCUT2D eigenvalue weighted by Gasteiger charge is -2.10. The molecule has 1 rings (SSSR count). The van der Waals surface area contributed by atoms with Crippen molar-refractivity contribution in [3.8, 4) is 0 Å². The van der Waals surface area contributed by atoms with Crippen LogP contribution >= 0.6 is 11.5 Å². The van der Waals surface area contributed by atoms with Crippen LogP contribution in [0, 0.1) is 0 Å². The van der Waals surface area contributed by atoms with Gasteiger partial charge in [-0.05, 0) is 11.5 Å². The quantitative estimate of drug-likeness (QED) is 0.792. The Balaban J connectivity index is 2.73. The molecule has 1 amide bonds. The summed E-state index contributed by atoms with van der Waals surface area (Å²) in [6.45, 7) is 0.334. The van der Waals surface area contributed by atoms with Crippen molar-refractivity contribution in [1.29, 1.82) is 0 Å². The lowest BCUT2D eigenvalue weighted by atomic mass is 10.4. The van der Waals surface area contributed by atoms with E-state index in [4.69, 9.17) is 5.73 Å². The molecule has 0 aliphatic heterocycles. The van der Waals surface area contributed by atoms with E-state index >= 15 is 0 Å². The number of hydrogen-bond acceptors (Lipinski definition) is 7. The average molecular weight is 292 g/mol. The second-order valence-electron chi connectivity index (χ2n) is 3.96. The summed E-state index contributed by atoms with van der Waals surface area (Å²) in [5, 5.41) is 3.25. The molecule has 0 unspecified atom stereocenters. The third kappa shape index (κ3) is 3.57. The molecule has 7 nitrogen and oxygen atoms in total. The SMILES string of the molecule is CN(C)C(=O)CCNc1snc(N)c1S(C)(=O)=O. The Kier molecular flexibility index (Phi) is 4.52. The van der Waals surface area contributed by atoms with Crippen molar-refractivity contribution >= 4 is 38.1 Å². The maximum absolute atomic E-state index is 11.5. The minimum atomic E-state index is -3.42. The van der Waals surface area contributed by atoms with Crippen LogP contribution in [-0.4, -0.2) is 50.5 Å². The van der Waals surface area contributed by atoms with Gasteiger partial charge in [0.15, 0.2) is 15.7 Å². The molecule has 0 spiro atoms. The number of nitrogens with one attached hydrogen (secondary N) is 1. The second kappa shape index (κ2) is 5.53. The van der Waals surface area contributed by atoms with E-state index in [1.165, 1.54) is 4.90 Å². The lowest BCUT2D eigenvalue weighted by Crippen LogP contribution is -2.24. The van der Waals surface area contributed by atoms with Gasteiger partial charge in [-0.1, -0.05) is 0 Å². The van der Waals surface area contributed by atoms with Crippen LogP contribution in [0.5, 0.6) is 0 Å². The fraction of sp³-hybridized carbons (Fsp3) is 0.556. The van der Waals surface area contributed by atoms with Gasteiger partial charge in [-0.25, -0.2) is 8.42 Å². The number of nitrogen functional groups attached to an aromatic ring is 1. The number of rotatable bonds is 5. The number of amides is 1. The molecule has 3 N–H and O–H groups in total. The van der Waals surface area contributed by atoms with Gasteiger partial charge in [0, 0.05) is 33.3 Å². The molecule has 0 atom stereocenters. The van der Waals surface area contributed by atoms with Gasteiger partial charge < -0.3 is 16.0 Å². The van der Waals surface area contributed by atoms with E-state index in [0.717, 1.165) is 17.8 Å². The van der Waals surface area contributed by atoms with Crippen LogP contribution in [0.1, 0.15) is 6.42 Å². The van der Waals surface area contributed by atoms with E-state index in [2.05, 4.69) is 9.69 Å². The average Bonchev–Trinajstić information content (AvgIpc) is 2.58. The molecule has 9 heteroatoms. The summed E-state index contributed by atoms with van der Waals surface area (Å²) in [4.78, 5) is 12.8. The van der Waals surface area contributed by atoms with E-state index in [0.29, 0.717) is 11.5 Å². The molecule has 0 aromatic carbocycles. The van der Waals surface area contributed by atoms with Crippen molar-refractivity contribution in [3.63, 3.8) is 0 Å². The fourth-order valence-electron chi connectivity index (χ4n) is 1.27. The van der Waals surface area contributed by atoms with Crippen molar-refractivity contribution in [2.75, 3.05) is 37.9 Å². The van der Waals surface area contributed by atoms with E-state index < -0.39 is 9.84 Å². The molecule has 0 saturated heterocycles. The topological polar surface area (TPSA) is 105 Å². The predicted octanol–water partition coefficient (Wildman–Crippen LogP) is 0.0190. The first-order valence-electron chi connectivity index (χ1n) is 5.12. The van der Waals surface area contributed by atoms with Crippen molar-refractivity contribution in [2.45, 2.75) is 11.3 Å². The van der Waals surface area contributed by atoms with Gasteiger partial charge in [0.2, 0.25) is 5.91 Å². The molecular formula is C9H16N4O3S2. The third-order valence-corrected chi connectivity index (χ3v) is 4.27. The standard InChI is InChI=1S/C9H16N4O3S2/c1-13(2)6(14)4-5-11-9-7(18(3,15)16)8(10)12-17-9/h11H,4-5H2,1-3H3,(H2,10,12). The number of carbonyl (C=O) groups excluding carboxylic acids is 1. The highest BCUT2D eigenvalue weighted by Gasteiger charge is 2.21. The number of nitrogens with zero attached hydrogens (tertiary/aromatic N) is 2. The maximum Gasteiger partial charge on any atom is 0.223 e. The summed E-state index contributed by atoms with van der Waals surface area (Å²) in [6, 6.07) is 0. The third-order valence-electron chi connectivity index (χ3n) is 2.17. The number of sulfone groups is 1. The lowest BCUT2D eigenvalue weighted by molar-refractivity contribution is -0.128. The highest BCUT2D eigenvalue weighted by atomic mass is 32.2. The molecule has 0 saturated carbocycles. The van der Waals surface area contributed by atoms with Crippen LogP contribution in [0.3, 0.4) is 0 Å². The number of nitrogens with two attached hydrogens (primary N) is 1. The first kappa shape index (κ1) is 14.7. The van der Waals surface area contributed by atoms with Crippen molar-refractivity contribution < 1.29 is 13.2 Å². The number of carbonyl (C=O) groups is 1. The molecule has 0 aliphatic carbocycles. The fourth-order valence-corrected chi connectivity index (χ4v) is 3.36. The maximum atomic E-state index is 11.5. The molecule has 1 aromatic heterocycles. The van der Waals surface area contributed by atoms with Crippen molar-refractivity contribution in [3.05, 3.63) is 0 Å². The highest BCUT2D eigenvalue weighted by Crippen LogP contribution is 2.31. The number of anilines is 2. The summed E-state index contributed by atoms with van der Waals surface area (Å²) in [6.07, 6.45) is 1.34. The van der Waals surface area contributed by atoms with Gasteiger partial charge in [-0.3, -0.25) is 4.79 Å². The van der Waals surface area contributed by atoms with E-state index in [9.17, 15) is 13.2 Å². The van der Waals surface area contributed by atoms with Gasteiger partial charge >= 0.3 is 0 Å². The molecule has 0 aliphatic rings.